The van der Waals surface area contributed by atoms with Gasteiger partial charge in [-0.25, -0.2) is 18.1 Å². The van der Waals surface area contributed by atoms with Gasteiger partial charge in [0, 0.05) is 58.1 Å². The Morgan fingerprint density at radius 1 is 0.485 bits per heavy atom. The van der Waals surface area contributed by atoms with Gasteiger partial charge in [-0.3, -0.25) is 0 Å². The van der Waals surface area contributed by atoms with E-state index in [1.165, 1.54) is 85.6 Å². The minimum atomic E-state index is -2.49. The third-order valence-electron chi connectivity index (χ3n) is 12.6. The highest BCUT2D eigenvalue weighted by Gasteiger charge is 2.17. The van der Waals surface area contributed by atoms with Crippen LogP contribution in [0.15, 0.2) is 195 Å². The van der Waals surface area contributed by atoms with Gasteiger partial charge in [-0.1, -0.05) is 135 Å². The first-order valence-corrected chi connectivity index (χ1v) is 23.5. The average Bonchev–Trinajstić information content (AvgIpc) is 3.36. The Morgan fingerprint density at radius 3 is 1.40 bits per heavy atom. The number of aromatic nitrogens is 3. The molecule has 4 heteroatoms. The van der Waals surface area contributed by atoms with Gasteiger partial charge in [0.1, 0.15) is 27.0 Å². The maximum Gasteiger partial charge on any atom is 0.213 e. The highest BCUT2D eigenvalue weighted by Crippen LogP contribution is 2.29. The number of hydrogen-bond acceptors (Lipinski definition) is 0. The number of rotatable bonds is 9. The molecular weight excluding hydrogens is 830 g/mol. The standard InChI is InChI=1S/C23H25FN.C21H22N.C20H20N/c1-16(2)13-20-14-18(9-11-22(20)24)19-10-12-23(25(4)15-19)21-8-6-5-7-17(21)3;1-4-17-9-11-18(12-10-17)19-13-14-22(3)21(15-19)20-8-6-5-7-16(20)2;1-15-8-10-17(11-9-15)18-12-13-21(3)20(14-18)19-7-5-4-6-16(19)2/h5-12,14-16H,13H2,1-4H3;5-15H,4H2,1-3H3;4-14H,1-3H3/q3*+1/i1D3,16D;;. The van der Waals surface area contributed by atoms with Crippen LogP contribution in [-0.2, 0) is 34.0 Å². The van der Waals surface area contributed by atoms with E-state index in [1.807, 2.05) is 42.1 Å². The lowest BCUT2D eigenvalue weighted by Crippen LogP contribution is -2.30. The first-order chi connectivity index (χ1) is 34.3. The van der Waals surface area contributed by atoms with Crippen molar-refractivity contribution in [3.63, 3.8) is 0 Å². The molecule has 0 bridgehead atoms. The van der Waals surface area contributed by atoms with Crippen molar-refractivity contribution in [1.29, 1.82) is 0 Å². The molecule has 0 fully saturated rings. The van der Waals surface area contributed by atoms with E-state index in [1.54, 1.807) is 12.1 Å². The first-order valence-electron chi connectivity index (χ1n) is 25.5. The molecule has 0 aliphatic carbocycles. The third kappa shape index (κ3) is 12.0. The van der Waals surface area contributed by atoms with Crippen LogP contribution in [0.3, 0.4) is 0 Å². The van der Waals surface area contributed by atoms with Gasteiger partial charge in [0.2, 0.25) is 17.1 Å². The molecular formula is C64H67FN3+3. The molecule has 1 atom stereocenters. The Balaban J connectivity index is 0.000000161. The summed E-state index contributed by atoms with van der Waals surface area (Å²) in [7, 11) is 6.16. The van der Waals surface area contributed by atoms with Crippen molar-refractivity contribution in [2.75, 3.05) is 0 Å². The summed E-state index contributed by atoms with van der Waals surface area (Å²) >= 11 is 0. The van der Waals surface area contributed by atoms with Crippen molar-refractivity contribution in [3.05, 3.63) is 234 Å². The second-order valence-corrected chi connectivity index (χ2v) is 17.9. The van der Waals surface area contributed by atoms with Crippen molar-refractivity contribution >= 4 is 0 Å². The van der Waals surface area contributed by atoms with Gasteiger partial charge in [0.05, 0.1) is 0 Å². The van der Waals surface area contributed by atoms with E-state index in [0.29, 0.717) is 0 Å². The van der Waals surface area contributed by atoms with Crippen LogP contribution in [0.5, 0.6) is 0 Å². The van der Waals surface area contributed by atoms with E-state index in [2.05, 4.69) is 204 Å². The van der Waals surface area contributed by atoms with Crippen LogP contribution >= 0.6 is 0 Å². The lowest BCUT2D eigenvalue weighted by atomic mass is 9.97. The van der Waals surface area contributed by atoms with Crippen LogP contribution in [0.4, 0.5) is 4.39 Å². The summed E-state index contributed by atoms with van der Waals surface area (Å²) in [6.45, 7) is 9.53. The Kier molecular flexibility index (Phi) is 14.3. The molecule has 9 rings (SSSR count). The number of hydrogen-bond donors (Lipinski definition) is 0. The molecule has 3 aromatic heterocycles. The topological polar surface area (TPSA) is 11.6 Å². The number of pyridine rings is 3. The largest absolute Gasteiger partial charge is 0.213 e. The smallest absolute Gasteiger partial charge is 0.207 e. The predicted octanol–water partition coefficient (Wildman–Crippen LogP) is 14.7. The molecule has 0 spiro atoms. The average molecular weight is 901 g/mol. The minimum Gasteiger partial charge on any atom is -0.207 e. The van der Waals surface area contributed by atoms with Gasteiger partial charge in [-0.15, -0.1) is 0 Å². The summed E-state index contributed by atoms with van der Waals surface area (Å²) < 4.78 is 51.5. The van der Waals surface area contributed by atoms with Gasteiger partial charge in [0.25, 0.3) is 0 Å². The zero-order valence-corrected chi connectivity index (χ0v) is 41.1. The zero-order valence-electron chi connectivity index (χ0n) is 45.1. The Bertz CT molecular complexity index is 3300. The lowest BCUT2D eigenvalue weighted by molar-refractivity contribution is -0.660. The van der Waals surface area contributed by atoms with Crippen LogP contribution in [-0.4, -0.2) is 0 Å². The van der Waals surface area contributed by atoms with E-state index >= 15 is 0 Å². The third-order valence-corrected chi connectivity index (χ3v) is 12.6. The number of aryl methyl sites for hydroxylation is 8. The van der Waals surface area contributed by atoms with Crippen molar-refractivity contribution in [2.24, 2.45) is 27.0 Å². The van der Waals surface area contributed by atoms with Gasteiger partial charge >= 0.3 is 0 Å². The first kappa shape index (κ1) is 43.3. The van der Waals surface area contributed by atoms with Gasteiger partial charge in [0.15, 0.2) is 18.6 Å². The van der Waals surface area contributed by atoms with E-state index in [-0.39, 0.29) is 12.0 Å². The molecule has 1 unspecified atom stereocenters. The van der Waals surface area contributed by atoms with Gasteiger partial charge < -0.3 is 0 Å². The quantitative estimate of drug-likeness (QED) is 0.128. The Hall–Kier alpha value is -7.30. The minimum absolute atomic E-state index is 0.184. The van der Waals surface area contributed by atoms with E-state index < -0.39 is 18.6 Å². The highest BCUT2D eigenvalue weighted by atomic mass is 19.1. The molecule has 3 nitrogen and oxygen atoms in total. The molecule has 0 saturated heterocycles. The molecule has 0 aliphatic heterocycles. The molecule has 6 aromatic carbocycles. The molecule has 9 aromatic rings. The predicted molar refractivity (Wildman–Crippen MR) is 282 cm³/mol. The van der Waals surface area contributed by atoms with Crippen LogP contribution < -0.4 is 13.7 Å². The van der Waals surface area contributed by atoms with E-state index in [0.717, 1.165) is 28.8 Å². The zero-order chi connectivity index (χ0) is 51.7. The monoisotopic (exact) mass is 901 g/mol. The summed E-state index contributed by atoms with van der Waals surface area (Å²) in [6.07, 6.45) is 7.15. The lowest BCUT2D eigenvalue weighted by Gasteiger charge is -2.10. The van der Waals surface area contributed by atoms with Gasteiger partial charge in [-0.2, -0.15) is 0 Å². The summed E-state index contributed by atoms with van der Waals surface area (Å²) in [5.74, 6) is -2.25. The maximum atomic E-state index is 14.3. The number of halogens is 1. The SMILES string of the molecule is CCc1ccc(-c2cc[n+](C)c(-c3ccccc3C)c2)cc1.Cc1ccc(-c2cc[n+](C)c(-c3ccccc3C)c2)cc1.[2H]C([2H])([2H])C([2H])(C)Cc1cc(-c2ccc(-c3ccccc3C)[n+](C)c2)ccc1F. The van der Waals surface area contributed by atoms with Crippen molar-refractivity contribution < 1.29 is 23.6 Å². The second kappa shape index (κ2) is 22.5. The fraction of sp³-hybridized carbons (Fsp3) is 0.203. The molecule has 68 heavy (non-hydrogen) atoms. The number of benzene rings is 6. The molecule has 0 radical (unpaired) electrons. The molecule has 3 heterocycles. The summed E-state index contributed by atoms with van der Waals surface area (Å²) in [5, 5.41) is 0. The van der Waals surface area contributed by atoms with Crippen LogP contribution in [0, 0.1) is 39.4 Å². The van der Waals surface area contributed by atoms with Crippen LogP contribution in [0.1, 0.15) is 59.6 Å². The summed E-state index contributed by atoms with van der Waals surface area (Å²) in [5.41, 5.74) is 20.7. The highest BCUT2D eigenvalue weighted by molar-refractivity contribution is 5.72. The van der Waals surface area contributed by atoms with Crippen LogP contribution in [0.2, 0.25) is 0 Å². The fourth-order valence-corrected chi connectivity index (χ4v) is 8.53. The second-order valence-electron chi connectivity index (χ2n) is 17.9. The molecule has 0 aliphatic rings. The van der Waals surface area contributed by atoms with E-state index in [9.17, 15) is 4.39 Å². The fourth-order valence-electron chi connectivity index (χ4n) is 8.53. The maximum absolute atomic E-state index is 14.3. The molecule has 0 N–H and O–H groups in total. The summed E-state index contributed by atoms with van der Waals surface area (Å²) in [6, 6.07) is 60.4. The Morgan fingerprint density at radius 2 is 0.926 bits per heavy atom. The van der Waals surface area contributed by atoms with Crippen LogP contribution in [0.25, 0.3) is 67.2 Å². The van der Waals surface area contributed by atoms with Crippen molar-refractivity contribution in [1.82, 2.24) is 0 Å². The Labute approximate surface area is 411 Å². The molecule has 0 saturated carbocycles. The normalized spacial score (nSPS) is 12.7. The molecule has 0 amide bonds. The molecule has 342 valence electrons. The summed E-state index contributed by atoms with van der Waals surface area (Å²) in [4.78, 5) is 0. The van der Waals surface area contributed by atoms with Crippen molar-refractivity contribution in [3.8, 4) is 67.2 Å². The van der Waals surface area contributed by atoms with Crippen molar-refractivity contribution in [2.45, 2.75) is 61.2 Å². The van der Waals surface area contributed by atoms with Gasteiger partial charge in [-0.05, 0) is 138 Å². The number of nitrogens with zero attached hydrogens (tertiary/aromatic N) is 3. The van der Waals surface area contributed by atoms with E-state index in [4.69, 9.17) is 5.48 Å².